The van der Waals surface area contributed by atoms with Gasteiger partial charge in [-0.2, -0.15) is 4.98 Å². The molecular weight excluding hydrogens is 372 g/mol. The second-order valence-electron chi connectivity index (χ2n) is 8.05. The maximum Gasteiger partial charge on any atom is 0.327 e. The van der Waals surface area contributed by atoms with E-state index in [1.165, 1.54) is 4.90 Å². The minimum absolute atomic E-state index is 0.0166. The smallest absolute Gasteiger partial charge is 0.327 e. The topological polar surface area (TPSA) is 88.8 Å². The van der Waals surface area contributed by atoms with Crippen LogP contribution in [0.2, 0.25) is 0 Å². The van der Waals surface area contributed by atoms with E-state index in [0.717, 1.165) is 49.8 Å². The molecule has 0 spiro atoms. The Morgan fingerprint density at radius 3 is 2.59 bits per heavy atom. The Labute approximate surface area is 168 Å². The van der Waals surface area contributed by atoms with Crippen LogP contribution >= 0.6 is 0 Å². The first-order valence-corrected chi connectivity index (χ1v) is 10.3. The molecule has 1 aliphatic heterocycles. The number of imide groups is 1. The summed E-state index contributed by atoms with van der Waals surface area (Å²) in [5.74, 6) is 1.53. The monoisotopic (exact) mass is 396 g/mol. The Morgan fingerprint density at radius 2 is 1.86 bits per heavy atom. The number of urea groups is 1. The molecule has 5 rings (SSSR count). The highest BCUT2D eigenvalue weighted by Gasteiger charge is 2.51. The Morgan fingerprint density at radius 1 is 1.10 bits per heavy atom. The Hall–Kier alpha value is -2.90. The highest BCUT2D eigenvalue weighted by atomic mass is 16.5. The molecule has 3 fully saturated rings. The van der Waals surface area contributed by atoms with E-state index < -0.39 is 0 Å². The molecule has 1 saturated heterocycles. The number of benzene rings is 1. The van der Waals surface area contributed by atoms with Crippen molar-refractivity contribution in [1.29, 1.82) is 0 Å². The van der Waals surface area contributed by atoms with Gasteiger partial charge in [0.1, 0.15) is 12.3 Å². The summed E-state index contributed by atoms with van der Waals surface area (Å²) in [5.41, 5.74) is 0.816. The number of hydrogen-bond acceptors (Lipinski definition) is 6. The van der Waals surface area contributed by atoms with Crippen molar-refractivity contribution >= 4 is 11.9 Å². The molecule has 1 aromatic heterocycles. The largest absolute Gasteiger partial charge is 0.497 e. The highest BCUT2D eigenvalue weighted by Crippen LogP contribution is 2.39. The SMILES string of the molecule is COc1ccc(-c2noc(CN3C(=O)N(C4CC4)C(=O)C4CCCCC43)n2)cc1. The maximum absolute atomic E-state index is 13.2. The zero-order chi connectivity index (χ0) is 20.0. The van der Waals surface area contributed by atoms with Crippen LogP contribution in [-0.2, 0) is 11.3 Å². The number of ether oxygens (including phenoxy) is 1. The molecule has 2 atom stereocenters. The van der Waals surface area contributed by atoms with E-state index in [1.807, 2.05) is 24.3 Å². The van der Waals surface area contributed by atoms with Crippen molar-refractivity contribution in [2.75, 3.05) is 7.11 Å². The zero-order valence-corrected chi connectivity index (χ0v) is 16.4. The first-order valence-electron chi connectivity index (χ1n) is 10.3. The average Bonchev–Trinajstić information content (AvgIpc) is 3.48. The third-order valence-corrected chi connectivity index (χ3v) is 6.17. The van der Waals surface area contributed by atoms with Gasteiger partial charge < -0.3 is 14.2 Å². The number of carbonyl (C=O) groups excluding carboxylic acids is 2. The lowest BCUT2D eigenvalue weighted by Gasteiger charge is -2.46. The summed E-state index contributed by atoms with van der Waals surface area (Å²) in [5, 5.41) is 4.07. The van der Waals surface area contributed by atoms with E-state index in [9.17, 15) is 9.59 Å². The minimum atomic E-state index is -0.204. The number of methoxy groups -OCH3 is 1. The van der Waals surface area contributed by atoms with Gasteiger partial charge in [-0.1, -0.05) is 18.0 Å². The van der Waals surface area contributed by atoms with E-state index in [0.29, 0.717) is 11.7 Å². The lowest BCUT2D eigenvalue weighted by molar-refractivity contribution is -0.141. The number of aromatic nitrogens is 2. The molecule has 8 nitrogen and oxygen atoms in total. The van der Waals surface area contributed by atoms with Crippen molar-refractivity contribution in [1.82, 2.24) is 19.9 Å². The molecule has 2 aromatic rings. The maximum atomic E-state index is 13.2. The summed E-state index contributed by atoms with van der Waals surface area (Å²) in [7, 11) is 1.62. The molecule has 3 aliphatic rings. The van der Waals surface area contributed by atoms with Gasteiger partial charge in [0.25, 0.3) is 0 Å². The predicted molar refractivity (Wildman–Crippen MR) is 103 cm³/mol. The van der Waals surface area contributed by atoms with Crippen molar-refractivity contribution in [3.63, 3.8) is 0 Å². The number of fused-ring (bicyclic) bond motifs is 1. The Bertz CT molecular complexity index is 921. The standard InChI is InChI=1S/C21H24N4O4/c1-28-15-10-6-13(7-11-15)19-22-18(29-23-19)12-24-17-5-3-2-4-16(17)20(26)25(21(24)27)14-8-9-14/h6-7,10-11,14,16-17H,2-5,8-9,12H2,1H3. The third-order valence-electron chi connectivity index (χ3n) is 6.17. The normalized spacial score (nSPS) is 24.6. The summed E-state index contributed by atoms with van der Waals surface area (Å²) in [4.78, 5) is 33.8. The van der Waals surface area contributed by atoms with Crippen LogP contribution in [0.25, 0.3) is 11.4 Å². The molecule has 8 heteroatoms. The highest BCUT2D eigenvalue weighted by molar-refractivity contribution is 5.99. The summed E-state index contributed by atoms with van der Waals surface area (Å²) in [6, 6.07) is 7.20. The van der Waals surface area contributed by atoms with Gasteiger partial charge in [-0.15, -0.1) is 0 Å². The second kappa shape index (κ2) is 7.17. The van der Waals surface area contributed by atoms with Crippen LogP contribution in [0.3, 0.4) is 0 Å². The lowest BCUT2D eigenvalue weighted by atomic mass is 9.81. The summed E-state index contributed by atoms with van der Waals surface area (Å²) < 4.78 is 10.6. The third kappa shape index (κ3) is 3.26. The number of amides is 3. The second-order valence-corrected chi connectivity index (χ2v) is 8.05. The summed E-state index contributed by atoms with van der Waals surface area (Å²) in [6.45, 7) is 0.236. The van der Waals surface area contributed by atoms with Crippen molar-refractivity contribution in [2.24, 2.45) is 5.92 Å². The molecule has 152 valence electrons. The molecule has 0 bridgehead atoms. The predicted octanol–water partition coefficient (Wildman–Crippen LogP) is 3.23. The van der Waals surface area contributed by atoms with Gasteiger partial charge in [0.15, 0.2) is 0 Å². The van der Waals surface area contributed by atoms with E-state index in [2.05, 4.69) is 10.1 Å². The molecule has 1 aromatic carbocycles. The number of hydrogen-bond donors (Lipinski definition) is 0. The Balaban J connectivity index is 1.38. The molecule has 3 amide bonds. The van der Waals surface area contributed by atoms with Crippen LogP contribution in [-0.4, -0.2) is 51.1 Å². The quantitative estimate of drug-likeness (QED) is 0.771. The number of rotatable bonds is 5. The zero-order valence-electron chi connectivity index (χ0n) is 16.4. The van der Waals surface area contributed by atoms with Gasteiger partial charge in [-0.3, -0.25) is 9.69 Å². The van der Waals surface area contributed by atoms with Gasteiger partial charge in [-0.05, 0) is 49.9 Å². The van der Waals surface area contributed by atoms with Gasteiger partial charge in [0.05, 0.1) is 13.0 Å². The van der Waals surface area contributed by atoms with Crippen LogP contribution < -0.4 is 4.74 Å². The molecule has 0 radical (unpaired) electrons. The fourth-order valence-corrected chi connectivity index (χ4v) is 4.50. The van der Waals surface area contributed by atoms with Gasteiger partial charge in [-0.25, -0.2) is 4.79 Å². The minimum Gasteiger partial charge on any atom is -0.497 e. The van der Waals surface area contributed by atoms with Gasteiger partial charge >= 0.3 is 6.03 Å². The van der Waals surface area contributed by atoms with Gasteiger partial charge in [0, 0.05) is 17.6 Å². The number of carbonyl (C=O) groups is 2. The molecule has 2 saturated carbocycles. The van der Waals surface area contributed by atoms with Gasteiger partial charge in [0.2, 0.25) is 17.6 Å². The first-order chi connectivity index (χ1) is 14.2. The van der Waals surface area contributed by atoms with Crippen LogP contribution in [0.15, 0.2) is 28.8 Å². The van der Waals surface area contributed by atoms with Crippen LogP contribution in [0.4, 0.5) is 4.79 Å². The van der Waals surface area contributed by atoms with Crippen molar-refractivity contribution in [3.05, 3.63) is 30.2 Å². The van der Waals surface area contributed by atoms with Crippen LogP contribution in [0.1, 0.15) is 44.4 Å². The van der Waals surface area contributed by atoms with E-state index in [1.54, 1.807) is 12.0 Å². The van der Waals surface area contributed by atoms with Crippen molar-refractivity contribution in [3.8, 4) is 17.1 Å². The fourth-order valence-electron chi connectivity index (χ4n) is 4.50. The van der Waals surface area contributed by atoms with Crippen molar-refractivity contribution < 1.29 is 18.8 Å². The molecule has 2 aliphatic carbocycles. The fraction of sp³-hybridized carbons (Fsp3) is 0.524. The Kier molecular flexibility index (Phi) is 4.49. The molecule has 2 heterocycles. The first kappa shape index (κ1) is 18.1. The van der Waals surface area contributed by atoms with E-state index in [-0.39, 0.29) is 36.5 Å². The molecule has 0 N–H and O–H groups in total. The van der Waals surface area contributed by atoms with E-state index in [4.69, 9.17) is 9.26 Å². The van der Waals surface area contributed by atoms with Crippen LogP contribution in [0.5, 0.6) is 5.75 Å². The van der Waals surface area contributed by atoms with E-state index >= 15 is 0 Å². The summed E-state index contributed by atoms with van der Waals surface area (Å²) >= 11 is 0. The molecule has 2 unspecified atom stereocenters. The average molecular weight is 396 g/mol. The lowest BCUT2D eigenvalue weighted by Crippen LogP contribution is -2.62. The summed E-state index contributed by atoms with van der Waals surface area (Å²) in [6.07, 6.45) is 5.57. The number of nitrogens with zero attached hydrogens (tertiary/aromatic N) is 4. The van der Waals surface area contributed by atoms with Crippen molar-refractivity contribution in [2.45, 2.75) is 57.2 Å². The molecule has 29 heavy (non-hydrogen) atoms. The molecular formula is C21H24N4O4. The van der Waals surface area contributed by atoms with Crippen LogP contribution in [0, 0.1) is 5.92 Å².